The molecule has 2 aliphatic heterocycles. The van der Waals surface area contributed by atoms with Crippen molar-refractivity contribution in [3.63, 3.8) is 0 Å². The molecule has 5 unspecified atom stereocenters. The van der Waals surface area contributed by atoms with Crippen molar-refractivity contribution in [3.8, 4) is 0 Å². The maximum atomic E-state index is 12.0. The summed E-state index contributed by atoms with van der Waals surface area (Å²) in [6.45, 7) is 7.66. The van der Waals surface area contributed by atoms with Crippen LogP contribution in [0, 0.1) is 11.3 Å². The zero-order valence-electron chi connectivity index (χ0n) is 21.1. The molecule has 0 spiro atoms. The monoisotopic (exact) mass is 504 g/mol. The Kier molecular flexibility index (Phi) is 11.8. The van der Waals surface area contributed by atoms with Crippen molar-refractivity contribution in [2.24, 2.45) is 11.3 Å². The van der Waals surface area contributed by atoms with Gasteiger partial charge in [-0.2, -0.15) is 0 Å². The second kappa shape index (κ2) is 14.0. The lowest BCUT2D eigenvalue weighted by atomic mass is 9.81. The van der Waals surface area contributed by atoms with Gasteiger partial charge in [0.05, 0.1) is 51.2 Å². The fourth-order valence-corrected chi connectivity index (χ4v) is 4.33. The molecular weight excluding hydrogens is 464 g/mol. The van der Waals surface area contributed by atoms with Crippen LogP contribution in [0.2, 0.25) is 0 Å². The third kappa shape index (κ3) is 8.36. The Bertz CT molecular complexity index is 694. The zero-order chi connectivity index (χ0) is 26.0. The van der Waals surface area contributed by atoms with Crippen molar-refractivity contribution in [3.05, 3.63) is 0 Å². The number of rotatable bonds is 14. The van der Waals surface area contributed by atoms with E-state index in [-0.39, 0.29) is 70.1 Å². The minimum Gasteiger partial charge on any atom is -0.460 e. The molecule has 202 valence electrons. The molecular formula is C23H40N2O10. The average Bonchev–Trinajstić information content (AvgIpc) is 2.78. The van der Waals surface area contributed by atoms with Crippen LogP contribution in [0.1, 0.15) is 34.1 Å². The summed E-state index contributed by atoms with van der Waals surface area (Å²) in [6.07, 6.45) is -0.898. The maximum absolute atomic E-state index is 12.0. The van der Waals surface area contributed by atoms with Crippen LogP contribution in [0.3, 0.4) is 0 Å². The molecule has 0 saturated carbocycles. The Balaban J connectivity index is 1.69. The molecule has 0 aromatic carbocycles. The van der Waals surface area contributed by atoms with Crippen molar-refractivity contribution in [2.45, 2.75) is 58.7 Å². The second-order valence-electron chi connectivity index (χ2n) is 9.21. The Morgan fingerprint density at radius 1 is 1.06 bits per heavy atom. The van der Waals surface area contributed by atoms with Crippen molar-refractivity contribution in [2.75, 3.05) is 59.3 Å². The number of likely N-dealkylation sites (tertiary alicyclic amines) is 1. The van der Waals surface area contributed by atoms with Crippen LogP contribution in [-0.4, -0.2) is 117 Å². The molecule has 2 rings (SSSR count). The van der Waals surface area contributed by atoms with Crippen LogP contribution in [0.5, 0.6) is 0 Å². The van der Waals surface area contributed by atoms with Crippen molar-refractivity contribution in [1.82, 2.24) is 10.2 Å². The van der Waals surface area contributed by atoms with Crippen molar-refractivity contribution < 1.29 is 48.3 Å². The van der Waals surface area contributed by atoms with Crippen molar-refractivity contribution >= 4 is 17.8 Å². The van der Waals surface area contributed by atoms with Crippen LogP contribution in [0.4, 0.5) is 0 Å². The Morgan fingerprint density at radius 3 is 2.26 bits per heavy atom. The number of amides is 2. The summed E-state index contributed by atoms with van der Waals surface area (Å²) in [5.74, 6) is -1.06. The van der Waals surface area contributed by atoms with Gasteiger partial charge in [-0.15, -0.1) is 0 Å². The number of aliphatic hydroxyl groups is 2. The standard InChI is InChI=1S/C23H40N2O10/c1-5-18-15(2)21(34-17(4)29)20(24-16(3)28)22(35-18)33-9-8-31-6-7-32-10-19(30)25-11-23(12-25,13-26)14-27/h15,18,20-22,26-27H,5-14H2,1-4H3,(H,24,28). The number of esters is 1. The van der Waals surface area contributed by atoms with Crippen LogP contribution in [0.25, 0.3) is 0 Å². The molecule has 2 fully saturated rings. The molecule has 35 heavy (non-hydrogen) atoms. The first kappa shape index (κ1) is 29.4. The van der Waals surface area contributed by atoms with Gasteiger partial charge in [0.15, 0.2) is 6.29 Å². The number of carbonyl (C=O) groups is 3. The summed E-state index contributed by atoms with van der Waals surface area (Å²) < 4.78 is 28.2. The second-order valence-corrected chi connectivity index (χ2v) is 9.21. The molecule has 3 N–H and O–H groups in total. The smallest absolute Gasteiger partial charge is 0.302 e. The van der Waals surface area contributed by atoms with E-state index in [1.807, 2.05) is 13.8 Å². The molecule has 12 nitrogen and oxygen atoms in total. The SMILES string of the molecule is CCC1OC(OCCOCCOCC(=O)N2CC(CO)(CO)C2)C(NC(C)=O)C(OC(C)=O)C1C. The lowest BCUT2D eigenvalue weighted by Crippen LogP contribution is -2.62. The minimum atomic E-state index is -0.802. The van der Waals surface area contributed by atoms with Crippen LogP contribution in [-0.2, 0) is 38.1 Å². The number of nitrogens with one attached hydrogen (secondary N) is 1. The van der Waals surface area contributed by atoms with E-state index in [1.54, 1.807) is 0 Å². The topological polar surface area (TPSA) is 153 Å². The molecule has 2 amide bonds. The number of hydrogen-bond acceptors (Lipinski definition) is 10. The molecule has 12 heteroatoms. The van der Waals surface area contributed by atoms with E-state index in [0.29, 0.717) is 19.5 Å². The number of ether oxygens (including phenoxy) is 5. The Hall–Kier alpha value is -1.83. The van der Waals surface area contributed by atoms with Crippen LogP contribution < -0.4 is 5.32 Å². The fourth-order valence-electron chi connectivity index (χ4n) is 4.33. The third-order valence-corrected chi connectivity index (χ3v) is 6.32. The lowest BCUT2D eigenvalue weighted by Gasteiger charge is -2.48. The quantitative estimate of drug-likeness (QED) is 0.199. The van der Waals surface area contributed by atoms with E-state index in [9.17, 15) is 24.6 Å². The first-order chi connectivity index (χ1) is 16.7. The highest BCUT2D eigenvalue weighted by Gasteiger charge is 2.46. The number of hydrogen-bond donors (Lipinski definition) is 3. The normalized spacial score (nSPS) is 27.7. The fraction of sp³-hybridized carbons (Fsp3) is 0.870. The predicted molar refractivity (Wildman–Crippen MR) is 122 cm³/mol. The van der Waals surface area contributed by atoms with E-state index in [1.165, 1.54) is 18.7 Å². The summed E-state index contributed by atoms with van der Waals surface area (Å²) in [6, 6.07) is -0.652. The van der Waals surface area contributed by atoms with Gasteiger partial charge in [0.1, 0.15) is 18.8 Å². The summed E-state index contributed by atoms with van der Waals surface area (Å²) in [7, 11) is 0. The van der Waals surface area contributed by atoms with E-state index in [2.05, 4.69) is 5.32 Å². The summed E-state index contributed by atoms with van der Waals surface area (Å²) in [5, 5.41) is 21.3. The summed E-state index contributed by atoms with van der Waals surface area (Å²) in [4.78, 5) is 37.0. The average molecular weight is 505 g/mol. The Morgan fingerprint density at radius 2 is 1.69 bits per heavy atom. The van der Waals surface area contributed by atoms with Gasteiger partial charge in [-0.3, -0.25) is 14.4 Å². The molecule has 0 radical (unpaired) electrons. The van der Waals surface area contributed by atoms with E-state index < -0.39 is 29.8 Å². The Labute approximate surface area is 206 Å². The molecule has 2 saturated heterocycles. The van der Waals surface area contributed by atoms with Gasteiger partial charge in [0.25, 0.3) is 0 Å². The maximum Gasteiger partial charge on any atom is 0.302 e. The molecule has 0 aromatic rings. The minimum absolute atomic E-state index is 0.102. The molecule has 2 aliphatic rings. The number of aliphatic hydroxyl groups excluding tert-OH is 2. The van der Waals surface area contributed by atoms with E-state index in [0.717, 1.165) is 0 Å². The van der Waals surface area contributed by atoms with Gasteiger partial charge in [-0.25, -0.2) is 0 Å². The number of nitrogens with zero attached hydrogens (tertiary/aromatic N) is 1. The molecule has 0 aromatic heterocycles. The molecule has 2 heterocycles. The van der Waals surface area contributed by atoms with Gasteiger partial charge in [-0.05, 0) is 6.42 Å². The van der Waals surface area contributed by atoms with Gasteiger partial charge >= 0.3 is 5.97 Å². The first-order valence-corrected chi connectivity index (χ1v) is 12.0. The summed E-state index contributed by atoms with van der Waals surface area (Å²) >= 11 is 0. The molecule has 0 aliphatic carbocycles. The van der Waals surface area contributed by atoms with Gasteiger partial charge in [0, 0.05) is 32.9 Å². The van der Waals surface area contributed by atoms with E-state index >= 15 is 0 Å². The molecule has 0 bridgehead atoms. The van der Waals surface area contributed by atoms with Gasteiger partial charge in [0.2, 0.25) is 11.8 Å². The highest BCUT2D eigenvalue weighted by Crippen LogP contribution is 2.31. The predicted octanol–water partition coefficient (Wildman–Crippen LogP) is -0.943. The van der Waals surface area contributed by atoms with Gasteiger partial charge < -0.3 is 44.1 Å². The number of carbonyl (C=O) groups excluding carboxylic acids is 3. The third-order valence-electron chi connectivity index (χ3n) is 6.32. The molecule has 5 atom stereocenters. The largest absolute Gasteiger partial charge is 0.460 e. The zero-order valence-corrected chi connectivity index (χ0v) is 21.1. The van der Waals surface area contributed by atoms with Gasteiger partial charge in [-0.1, -0.05) is 13.8 Å². The summed E-state index contributed by atoms with van der Waals surface area (Å²) in [5.41, 5.74) is -0.604. The van der Waals surface area contributed by atoms with Crippen LogP contribution >= 0.6 is 0 Å². The van der Waals surface area contributed by atoms with E-state index in [4.69, 9.17) is 23.7 Å². The highest BCUT2D eigenvalue weighted by molar-refractivity contribution is 5.78. The van der Waals surface area contributed by atoms with Crippen LogP contribution in [0.15, 0.2) is 0 Å². The van der Waals surface area contributed by atoms with Crippen molar-refractivity contribution in [1.29, 1.82) is 0 Å². The first-order valence-electron chi connectivity index (χ1n) is 12.0. The highest BCUT2D eigenvalue weighted by atomic mass is 16.7. The lowest BCUT2D eigenvalue weighted by molar-refractivity contribution is -0.255.